The number of allylic oxidation sites excluding steroid dienone is 1. The molecule has 1 aromatic heterocycles. The number of hydrogen-bond donors (Lipinski definition) is 4. The fraction of sp³-hybridized carbons (Fsp3) is 0.250. The van der Waals surface area contributed by atoms with Gasteiger partial charge in [0.25, 0.3) is 0 Å². The van der Waals surface area contributed by atoms with Crippen LogP contribution < -0.4 is 25.5 Å². The van der Waals surface area contributed by atoms with Crippen LogP contribution in [-0.2, 0) is 9.53 Å². The predicted molar refractivity (Wildman–Crippen MR) is 148 cm³/mol. The van der Waals surface area contributed by atoms with Gasteiger partial charge in [-0.15, -0.1) is 0 Å². The van der Waals surface area contributed by atoms with Gasteiger partial charge in [0.2, 0.25) is 0 Å². The number of aliphatic hydroxyl groups excluding tert-OH is 1. The Kier molecular flexibility index (Phi) is 9.31. The molecule has 3 aromatic rings. The van der Waals surface area contributed by atoms with Crippen molar-refractivity contribution in [1.29, 1.82) is 0 Å². The molecule has 0 aliphatic carbocycles. The van der Waals surface area contributed by atoms with Gasteiger partial charge in [0.15, 0.2) is 17.7 Å². The number of carbonyl (C=O) groups excluding carboxylic acids is 2. The highest BCUT2D eigenvalue weighted by Gasteiger charge is 2.32. The number of amides is 2. The second-order valence-corrected chi connectivity index (χ2v) is 9.06. The minimum absolute atomic E-state index is 0.154. The van der Waals surface area contributed by atoms with E-state index in [-0.39, 0.29) is 12.2 Å². The van der Waals surface area contributed by atoms with E-state index in [0.29, 0.717) is 45.9 Å². The average molecular weight is 569 g/mol. The number of esters is 1. The van der Waals surface area contributed by atoms with E-state index in [1.54, 1.807) is 49.4 Å². The Morgan fingerprint density at radius 2 is 2.02 bits per heavy atom. The third-order valence-electron chi connectivity index (χ3n) is 5.82. The fourth-order valence-corrected chi connectivity index (χ4v) is 4.22. The molecule has 210 valence electrons. The van der Waals surface area contributed by atoms with Crippen molar-refractivity contribution in [1.82, 2.24) is 16.1 Å². The molecule has 0 radical (unpaired) electrons. The van der Waals surface area contributed by atoms with Gasteiger partial charge in [-0.1, -0.05) is 29.8 Å². The smallest absolute Gasteiger partial charge is 0.337 e. The average Bonchev–Trinajstić information content (AvgIpc) is 3.41. The van der Waals surface area contributed by atoms with Crippen molar-refractivity contribution in [2.24, 2.45) is 5.10 Å². The molecule has 1 aliphatic rings. The first-order valence-corrected chi connectivity index (χ1v) is 12.8. The fourth-order valence-electron chi connectivity index (χ4n) is 4.03. The van der Waals surface area contributed by atoms with Crippen LogP contribution in [0.5, 0.6) is 11.5 Å². The zero-order valence-electron chi connectivity index (χ0n) is 22.1. The third-order valence-corrected chi connectivity index (χ3v) is 6.06. The number of halogens is 1. The number of nitrogens with one attached hydrogen (secondary N) is 3. The third kappa shape index (κ3) is 6.93. The highest BCUT2D eigenvalue weighted by atomic mass is 35.5. The summed E-state index contributed by atoms with van der Waals surface area (Å²) >= 11 is 6.04. The van der Waals surface area contributed by atoms with Gasteiger partial charge in [-0.3, -0.25) is 5.43 Å². The molecule has 2 aromatic carbocycles. The van der Waals surface area contributed by atoms with Crippen molar-refractivity contribution in [3.8, 4) is 22.8 Å². The SMILES string of the molecule is CCOc1cc([C@H]2NC(=O)NC(C)=C2C(=O)OC)ccc1OC[C@@H](O)N/N=C\c1ccc(-c2cccc(Cl)c2)o1. The summed E-state index contributed by atoms with van der Waals surface area (Å²) in [6.45, 7) is 3.62. The first kappa shape index (κ1) is 28.5. The molecule has 0 saturated carbocycles. The normalized spacial score (nSPS) is 15.8. The molecule has 0 fully saturated rings. The summed E-state index contributed by atoms with van der Waals surface area (Å²) in [6, 6.07) is 14.6. The number of benzene rings is 2. The maximum absolute atomic E-state index is 12.4. The van der Waals surface area contributed by atoms with Gasteiger partial charge in [-0.2, -0.15) is 5.10 Å². The Balaban J connectivity index is 1.39. The largest absolute Gasteiger partial charge is 0.490 e. The number of methoxy groups -OCH3 is 1. The van der Waals surface area contributed by atoms with E-state index in [4.69, 9.17) is 30.2 Å². The Bertz CT molecular complexity index is 1440. The Morgan fingerprint density at radius 1 is 1.20 bits per heavy atom. The van der Waals surface area contributed by atoms with Crippen molar-refractivity contribution in [3.05, 3.63) is 82.2 Å². The minimum Gasteiger partial charge on any atom is -0.490 e. The molecule has 4 N–H and O–H groups in total. The first-order chi connectivity index (χ1) is 19.3. The van der Waals surface area contributed by atoms with Gasteiger partial charge < -0.3 is 34.4 Å². The van der Waals surface area contributed by atoms with Crippen LogP contribution in [0.15, 0.2) is 75.4 Å². The lowest BCUT2D eigenvalue weighted by Crippen LogP contribution is -2.45. The molecule has 2 heterocycles. The molecule has 0 saturated heterocycles. The van der Waals surface area contributed by atoms with Crippen LogP contribution in [-0.4, -0.2) is 49.9 Å². The number of aliphatic hydroxyl groups is 1. The number of furan rings is 1. The topological polar surface area (TPSA) is 144 Å². The van der Waals surface area contributed by atoms with Crippen molar-refractivity contribution in [3.63, 3.8) is 0 Å². The van der Waals surface area contributed by atoms with Crippen LogP contribution in [0.1, 0.15) is 31.2 Å². The molecule has 4 rings (SSSR count). The zero-order valence-corrected chi connectivity index (χ0v) is 22.8. The maximum atomic E-state index is 12.4. The number of hydrazone groups is 1. The number of ether oxygens (including phenoxy) is 3. The summed E-state index contributed by atoms with van der Waals surface area (Å²) in [4.78, 5) is 24.5. The maximum Gasteiger partial charge on any atom is 0.337 e. The lowest BCUT2D eigenvalue weighted by atomic mass is 9.95. The van der Waals surface area contributed by atoms with Crippen molar-refractivity contribution >= 4 is 29.8 Å². The van der Waals surface area contributed by atoms with E-state index in [9.17, 15) is 14.7 Å². The van der Waals surface area contributed by atoms with Crippen LogP contribution in [0.4, 0.5) is 4.79 Å². The molecule has 0 spiro atoms. The highest BCUT2D eigenvalue weighted by Crippen LogP contribution is 2.35. The summed E-state index contributed by atoms with van der Waals surface area (Å²) in [6.07, 6.45) is 0.285. The molecule has 12 heteroatoms. The second kappa shape index (κ2) is 13.0. The van der Waals surface area contributed by atoms with Crippen LogP contribution in [0, 0.1) is 0 Å². The number of nitrogens with zero attached hydrogens (tertiary/aromatic N) is 1. The molecule has 11 nitrogen and oxygen atoms in total. The Morgan fingerprint density at radius 3 is 2.77 bits per heavy atom. The standard InChI is InChI=1S/C28H29ClN4O7/c1-4-38-23-13-18(26-25(27(35)37-3)16(2)31-28(36)32-26)8-10-22(23)39-15-24(34)33-30-14-20-9-11-21(40-20)17-6-5-7-19(29)12-17/h5-14,24,26,33-34H,4,15H2,1-3H3,(H2,31,32,36)/b30-14-/t24-,26-/m1/s1. The minimum atomic E-state index is -1.15. The van der Waals surface area contributed by atoms with Crippen LogP contribution in [0.3, 0.4) is 0 Å². The quantitative estimate of drug-likeness (QED) is 0.117. The number of hydrogen-bond acceptors (Lipinski definition) is 9. The molecule has 1 aliphatic heterocycles. The van der Waals surface area contributed by atoms with Gasteiger partial charge in [-0.25, -0.2) is 9.59 Å². The molecular weight excluding hydrogens is 540 g/mol. The van der Waals surface area contributed by atoms with Crippen LogP contribution in [0.2, 0.25) is 5.02 Å². The number of urea groups is 1. The molecule has 2 atom stereocenters. The Labute approximate surface area is 235 Å². The lowest BCUT2D eigenvalue weighted by Gasteiger charge is -2.28. The molecule has 0 bridgehead atoms. The molecular formula is C28H29ClN4O7. The highest BCUT2D eigenvalue weighted by molar-refractivity contribution is 6.30. The zero-order chi connectivity index (χ0) is 28.6. The summed E-state index contributed by atoms with van der Waals surface area (Å²) in [7, 11) is 1.27. The van der Waals surface area contributed by atoms with E-state index in [1.165, 1.54) is 13.3 Å². The van der Waals surface area contributed by atoms with Crippen LogP contribution >= 0.6 is 11.6 Å². The van der Waals surface area contributed by atoms with Gasteiger partial charge in [0.05, 0.1) is 31.5 Å². The number of carbonyl (C=O) groups is 2. The first-order valence-electron chi connectivity index (χ1n) is 12.4. The summed E-state index contributed by atoms with van der Waals surface area (Å²) < 4.78 is 22.1. The lowest BCUT2D eigenvalue weighted by molar-refractivity contribution is -0.136. The summed E-state index contributed by atoms with van der Waals surface area (Å²) in [5, 5.41) is 20.2. The van der Waals surface area contributed by atoms with Crippen molar-refractivity contribution in [2.75, 3.05) is 20.3 Å². The van der Waals surface area contributed by atoms with E-state index >= 15 is 0 Å². The summed E-state index contributed by atoms with van der Waals surface area (Å²) in [5.74, 6) is 1.26. The van der Waals surface area contributed by atoms with E-state index in [1.807, 2.05) is 19.1 Å². The van der Waals surface area contributed by atoms with E-state index < -0.39 is 24.3 Å². The van der Waals surface area contributed by atoms with Gasteiger partial charge in [-0.05, 0) is 55.8 Å². The van der Waals surface area contributed by atoms with Crippen molar-refractivity contribution < 1.29 is 33.3 Å². The Hall–Kier alpha value is -4.48. The van der Waals surface area contributed by atoms with Gasteiger partial charge in [0, 0.05) is 16.3 Å². The molecule has 0 unspecified atom stereocenters. The van der Waals surface area contributed by atoms with Gasteiger partial charge in [0.1, 0.15) is 18.1 Å². The van der Waals surface area contributed by atoms with Crippen LogP contribution in [0.25, 0.3) is 11.3 Å². The predicted octanol–water partition coefficient (Wildman–Crippen LogP) is 4.12. The van der Waals surface area contributed by atoms with Gasteiger partial charge >= 0.3 is 12.0 Å². The second-order valence-electron chi connectivity index (χ2n) is 8.63. The number of rotatable bonds is 11. The van der Waals surface area contributed by atoms with E-state index in [2.05, 4.69) is 21.2 Å². The molecule has 2 amide bonds. The van der Waals surface area contributed by atoms with E-state index in [0.717, 1.165) is 5.56 Å². The summed E-state index contributed by atoms with van der Waals surface area (Å²) in [5.41, 5.74) is 4.66. The monoisotopic (exact) mass is 568 g/mol. The van der Waals surface area contributed by atoms with Crippen molar-refractivity contribution in [2.45, 2.75) is 26.1 Å². The molecule has 40 heavy (non-hydrogen) atoms.